The van der Waals surface area contributed by atoms with Gasteiger partial charge in [0.25, 0.3) is 0 Å². The summed E-state index contributed by atoms with van der Waals surface area (Å²) in [6, 6.07) is 9.75. The predicted octanol–water partition coefficient (Wildman–Crippen LogP) is 4.31. The summed E-state index contributed by atoms with van der Waals surface area (Å²) in [6.45, 7) is 1.93. The number of benzene rings is 1. The highest BCUT2D eigenvalue weighted by molar-refractivity contribution is 9.10. The Balaban J connectivity index is 2.42. The van der Waals surface area contributed by atoms with Gasteiger partial charge >= 0.3 is 0 Å². The normalized spacial score (nSPS) is 12.7. The SMILES string of the molecule is CNC(c1ccc(C)o1)c1ccc(Br)cc1Cl. The minimum atomic E-state index is -0.0238. The maximum atomic E-state index is 6.25. The number of nitrogens with one attached hydrogen (secondary N) is 1. The van der Waals surface area contributed by atoms with Crippen LogP contribution in [0.3, 0.4) is 0 Å². The van der Waals surface area contributed by atoms with Gasteiger partial charge in [-0.05, 0) is 43.8 Å². The van der Waals surface area contributed by atoms with Crippen LogP contribution in [0.4, 0.5) is 0 Å². The second kappa shape index (κ2) is 5.25. The zero-order valence-electron chi connectivity index (χ0n) is 9.63. The molecule has 0 saturated heterocycles. The van der Waals surface area contributed by atoms with Crippen LogP contribution >= 0.6 is 27.5 Å². The Hall–Kier alpha value is -0.770. The second-order valence-electron chi connectivity index (χ2n) is 3.84. The lowest BCUT2D eigenvalue weighted by Crippen LogP contribution is -2.17. The minimum absolute atomic E-state index is 0.0238. The molecule has 0 spiro atoms. The fourth-order valence-electron chi connectivity index (χ4n) is 1.80. The number of hydrogen-bond acceptors (Lipinski definition) is 2. The van der Waals surface area contributed by atoms with Gasteiger partial charge in [-0.25, -0.2) is 0 Å². The number of rotatable bonds is 3. The molecule has 1 aromatic heterocycles. The van der Waals surface area contributed by atoms with Crippen LogP contribution < -0.4 is 5.32 Å². The average molecular weight is 315 g/mol. The van der Waals surface area contributed by atoms with Crippen LogP contribution in [0.2, 0.25) is 5.02 Å². The molecule has 2 rings (SSSR count). The third-order valence-electron chi connectivity index (χ3n) is 2.61. The Morgan fingerprint density at radius 1 is 1.29 bits per heavy atom. The highest BCUT2D eigenvalue weighted by Gasteiger charge is 2.18. The molecule has 0 aliphatic rings. The monoisotopic (exact) mass is 313 g/mol. The molecule has 1 atom stereocenters. The molecular weight excluding hydrogens is 302 g/mol. The molecule has 17 heavy (non-hydrogen) atoms. The summed E-state index contributed by atoms with van der Waals surface area (Å²) in [5.74, 6) is 1.77. The molecule has 1 aromatic carbocycles. The van der Waals surface area contributed by atoms with Gasteiger partial charge in [-0.15, -0.1) is 0 Å². The van der Waals surface area contributed by atoms with E-state index in [1.165, 1.54) is 0 Å². The van der Waals surface area contributed by atoms with Crippen LogP contribution in [0.25, 0.3) is 0 Å². The van der Waals surface area contributed by atoms with Crippen molar-refractivity contribution in [3.8, 4) is 0 Å². The van der Waals surface area contributed by atoms with Gasteiger partial charge in [0.15, 0.2) is 0 Å². The van der Waals surface area contributed by atoms with Crippen molar-refractivity contribution in [2.75, 3.05) is 7.05 Å². The maximum absolute atomic E-state index is 6.25. The number of furan rings is 1. The Morgan fingerprint density at radius 3 is 2.59 bits per heavy atom. The fourth-order valence-corrected chi connectivity index (χ4v) is 2.58. The van der Waals surface area contributed by atoms with Gasteiger partial charge in [0.2, 0.25) is 0 Å². The van der Waals surface area contributed by atoms with Crippen LogP contribution in [0, 0.1) is 6.92 Å². The summed E-state index contributed by atoms with van der Waals surface area (Å²) in [7, 11) is 1.89. The number of aryl methyl sites for hydroxylation is 1. The van der Waals surface area contributed by atoms with Crippen molar-refractivity contribution in [3.63, 3.8) is 0 Å². The Bertz CT molecular complexity index is 524. The molecular formula is C13H13BrClNO. The second-order valence-corrected chi connectivity index (χ2v) is 5.16. The van der Waals surface area contributed by atoms with Gasteiger partial charge in [-0.1, -0.05) is 33.6 Å². The standard InChI is InChI=1S/C13H13BrClNO/c1-8-3-6-12(17-8)13(16-2)10-5-4-9(14)7-11(10)15/h3-7,13,16H,1-2H3. The predicted molar refractivity (Wildman–Crippen MR) is 73.5 cm³/mol. The lowest BCUT2D eigenvalue weighted by molar-refractivity contribution is 0.444. The van der Waals surface area contributed by atoms with E-state index >= 15 is 0 Å². The number of hydrogen-bond donors (Lipinski definition) is 1. The van der Waals surface area contributed by atoms with Crippen LogP contribution in [0.5, 0.6) is 0 Å². The Labute approximate surface area is 114 Å². The van der Waals surface area contributed by atoms with Gasteiger partial charge < -0.3 is 9.73 Å². The van der Waals surface area contributed by atoms with Crippen LogP contribution in [-0.4, -0.2) is 7.05 Å². The van der Waals surface area contributed by atoms with Crippen LogP contribution in [-0.2, 0) is 0 Å². The topological polar surface area (TPSA) is 25.2 Å². The minimum Gasteiger partial charge on any atom is -0.464 e. The molecule has 1 unspecified atom stereocenters. The quantitative estimate of drug-likeness (QED) is 0.913. The van der Waals surface area contributed by atoms with E-state index in [1.54, 1.807) is 0 Å². The van der Waals surface area contributed by atoms with Crippen molar-refractivity contribution in [1.82, 2.24) is 5.32 Å². The summed E-state index contributed by atoms with van der Waals surface area (Å²) >= 11 is 9.65. The first-order chi connectivity index (χ1) is 8.11. The summed E-state index contributed by atoms with van der Waals surface area (Å²) in [4.78, 5) is 0. The molecule has 90 valence electrons. The zero-order chi connectivity index (χ0) is 12.4. The van der Waals surface area contributed by atoms with Gasteiger partial charge in [0.05, 0.1) is 6.04 Å². The fraction of sp³-hybridized carbons (Fsp3) is 0.231. The Kier molecular flexibility index (Phi) is 3.92. The van der Waals surface area contributed by atoms with E-state index in [4.69, 9.17) is 16.0 Å². The molecule has 0 fully saturated rings. The molecule has 0 amide bonds. The van der Waals surface area contributed by atoms with E-state index < -0.39 is 0 Å². The lowest BCUT2D eigenvalue weighted by atomic mass is 10.0. The number of halogens is 2. The largest absolute Gasteiger partial charge is 0.464 e. The summed E-state index contributed by atoms with van der Waals surface area (Å²) in [6.07, 6.45) is 0. The summed E-state index contributed by atoms with van der Waals surface area (Å²) < 4.78 is 6.61. The Morgan fingerprint density at radius 2 is 2.06 bits per heavy atom. The molecule has 2 nitrogen and oxygen atoms in total. The van der Waals surface area contributed by atoms with Crippen molar-refractivity contribution >= 4 is 27.5 Å². The third-order valence-corrected chi connectivity index (χ3v) is 3.43. The van der Waals surface area contributed by atoms with E-state index in [2.05, 4.69) is 21.2 Å². The molecule has 0 aliphatic carbocycles. The van der Waals surface area contributed by atoms with E-state index in [-0.39, 0.29) is 6.04 Å². The van der Waals surface area contributed by atoms with E-state index in [1.807, 2.05) is 44.3 Å². The third kappa shape index (κ3) is 2.73. The summed E-state index contributed by atoms with van der Waals surface area (Å²) in [5, 5.41) is 3.93. The highest BCUT2D eigenvalue weighted by atomic mass is 79.9. The smallest absolute Gasteiger partial charge is 0.125 e. The first kappa shape index (κ1) is 12.7. The van der Waals surface area contributed by atoms with Crippen LogP contribution in [0.15, 0.2) is 39.2 Å². The van der Waals surface area contributed by atoms with E-state index in [0.717, 1.165) is 21.6 Å². The van der Waals surface area contributed by atoms with Gasteiger partial charge in [-0.2, -0.15) is 0 Å². The molecule has 0 saturated carbocycles. The van der Waals surface area contributed by atoms with Crippen molar-refractivity contribution in [2.24, 2.45) is 0 Å². The molecule has 4 heteroatoms. The van der Waals surface area contributed by atoms with Crippen molar-refractivity contribution in [1.29, 1.82) is 0 Å². The molecule has 0 bridgehead atoms. The highest BCUT2D eigenvalue weighted by Crippen LogP contribution is 2.31. The average Bonchev–Trinajstić information content (AvgIpc) is 2.69. The first-order valence-corrected chi connectivity index (χ1v) is 6.47. The zero-order valence-corrected chi connectivity index (χ0v) is 12.0. The van der Waals surface area contributed by atoms with Gasteiger partial charge in [0.1, 0.15) is 11.5 Å². The molecule has 0 radical (unpaired) electrons. The molecule has 0 aliphatic heterocycles. The van der Waals surface area contributed by atoms with Crippen LogP contribution in [0.1, 0.15) is 23.1 Å². The van der Waals surface area contributed by atoms with E-state index in [0.29, 0.717) is 5.02 Å². The summed E-state index contributed by atoms with van der Waals surface area (Å²) in [5.41, 5.74) is 1.01. The first-order valence-electron chi connectivity index (χ1n) is 5.30. The van der Waals surface area contributed by atoms with Crippen molar-refractivity contribution in [2.45, 2.75) is 13.0 Å². The molecule has 1 heterocycles. The molecule has 1 N–H and O–H groups in total. The van der Waals surface area contributed by atoms with Crippen molar-refractivity contribution < 1.29 is 4.42 Å². The molecule has 2 aromatic rings. The lowest BCUT2D eigenvalue weighted by Gasteiger charge is -2.15. The van der Waals surface area contributed by atoms with Crippen molar-refractivity contribution in [3.05, 3.63) is 56.9 Å². The van der Waals surface area contributed by atoms with Gasteiger partial charge in [0, 0.05) is 9.50 Å². The van der Waals surface area contributed by atoms with Gasteiger partial charge in [-0.3, -0.25) is 0 Å². The maximum Gasteiger partial charge on any atom is 0.125 e. The van der Waals surface area contributed by atoms with E-state index in [9.17, 15) is 0 Å².